The molecule has 6 nitrogen and oxygen atoms in total. The third kappa shape index (κ3) is 4.34. The lowest BCUT2D eigenvalue weighted by atomic mass is 10.1. The summed E-state index contributed by atoms with van der Waals surface area (Å²) in [4.78, 5) is 24.3. The number of hydrogen-bond acceptors (Lipinski definition) is 4. The number of rotatable bonds is 3. The van der Waals surface area contributed by atoms with E-state index in [0.717, 1.165) is 18.2 Å². The molecular formula is C17H11Cl2F3N2O4S. The average molecular weight is 467 g/mol. The van der Waals surface area contributed by atoms with Crippen LogP contribution in [-0.2, 0) is 21.0 Å². The van der Waals surface area contributed by atoms with Crippen molar-refractivity contribution in [2.24, 2.45) is 0 Å². The van der Waals surface area contributed by atoms with Gasteiger partial charge in [0.2, 0.25) is 15.9 Å². The minimum atomic E-state index is -4.76. The van der Waals surface area contributed by atoms with Crippen molar-refractivity contribution in [3.05, 3.63) is 57.6 Å². The SMILES string of the molecule is O=C(Nc1ccc(Cl)cc1C(F)(F)F)c1ccc(N2C(=O)CCS2(=O)=O)cc1Cl. The number of carbonyl (C=O) groups is 2. The van der Waals surface area contributed by atoms with E-state index in [1.54, 1.807) is 0 Å². The molecule has 0 aliphatic carbocycles. The van der Waals surface area contributed by atoms with Crippen molar-refractivity contribution in [1.82, 2.24) is 0 Å². The highest BCUT2D eigenvalue weighted by molar-refractivity contribution is 7.94. The van der Waals surface area contributed by atoms with Crippen molar-refractivity contribution in [2.75, 3.05) is 15.4 Å². The molecule has 0 atom stereocenters. The molecule has 2 aromatic rings. The van der Waals surface area contributed by atoms with Gasteiger partial charge in [0.25, 0.3) is 5.91 Å². The topological polar surface area (TPSA) is 83.6 Å². The predicted molar refractivity (Wildman–Crippen MR) is 102 cm³/mol. The summed E-state index contributed by atoms with van der Waals surface area (Å²) in [6.07, 6.45) is -4.94. The molecule has 0 radical (unpaired) electrons. The molecule has 1 N–H and O–H groups in total. The quantitative estimate of drug-likeness (QED) is 0.729. The van der Waals surface area contributed by atoms with Gasteiger partial charge < -0.3 is 5.32 Å². The molecule has 1 aliphatic rings. The van der Waals surface area contributed by atoms with Crippen LogP contribution in [0.2, 0.25) is 10.0 Å². The molecule has 0 saturated carbocycles. The van der Waals surface area contributed by atoms with E-state index in [9.17, 15) is 31.2 Å². The Hall–Kier alpha value is -2.30. The van der Waals surface area contributed by atoms with Crippen LogP contribution in [0.3, 0.4) is 0 Å². The van der Waals surface area contributed by atoms with Crippen molar-refractivity contribution < 1.29 is 31.2 Å². The molecule has 1 heterocycles. The number of nitrogens with zero attached hydrogens (tertiary/aromatic N) is 1. The van der Waals surface area contributed by atoms with Crippen molar-refractivity contribution in [1.29, 1.82) is 0 Å². The number of hydrogen-bond donors (Lipinski definition) is 1. The Morgan fingerprint density at radius 1 is 1.10 bits per heavy atom. The monoisotopic (exact) mass is 466 g/mol. The van der Waals surface area contributed by atoms with Crippen LogP contribution in [0.5, 0.6) is 0 Å². The van der Waals surface area contributed by atoms with Crippen molar-refractivity contribution in [3.8, 4) is 0 Å². The van der Waals surface area contributed by atoms with E-state index in [1.807, 2.05) is 0 Å². The van der Waals surface area contributed by atoms with Gasteiger partial charge in [-0.3, -0.25) is 9.59 Å². The summed E-state index contributed by atoms with van der Waals surface area (Å²) < 4.78 is 64.0. The van der Waals surface area contributed by atoms with Gasteiger partial charge in [-0.05, 0) is 36.4 Å². The van der Waals surface area contributed by atoms with Crippen LogP contribution in [0.15, 0.2) is 36.4 Å². The van der Waals surface area contributed by atoms with E-state index in [4.69, 9.17) is 23.2 Å². The van der Waals surface area contributed by atoms with Crippen LogP contribution >= 0.6 is 23.2 Å². The van der Waals surface area contributed by atoms with E-state index >= 15 is 0 Å². The van der Waals surface area contributed by atoms with E-state index in [-0.39, 0.29) is 33.5 Å². The average Bonchev–Trinajstić information content (AvgIpc) is 2.88. The van der Waals surface area contributed by atoms with Crippen molar-refractivity contribution >= 4 is 56.4 Å². The van der Waals surface area contributed by atoms with Gasteiger partial charge in [0.1, 0.15) is 0 Å². The van der Waals surface area contributed by atoms with Crippen LogP contribution in [0.25, 0.3) is 0 Å². The fourth-order valence-electron chi connectivity index (χ4n) is 2.73. The largest absolute Gasteiger partial charge is 0.418 e. The van der Waals surface area contributed by atoms with Gasteiger partial charge in [0.05, 0.1) is 33.3 Å². The number of amides is 2. The van der Waals surface area contributed by atoms with Crippen LogP contribution in [0.4, 0.5) is 24.5 Å². The molecule has 154 valence electrons. The maximum Gasteiger partial charge on any atom is 0.418 e. The van der Waals surface area contributed by atoms with Crippen molar-refractivity contribution in [2.45, 2.75) is 12.6 Å². The second-order valence-corrected chi connectivity index (χ2v) is 8.81. The molecule has 0 bridgehead atoms. The number of sulfonamides is 1. The van der Waals surface area contributed by atoms with Gasteiger partial charge in [-0.2, -0.15) is 13.2 Å². The minimum Gasteiger partial charge on any atom is -0.321 e. The second-order valence-electron chi connectivity index (χ2n) is 6.03. The molecule has 1 fully saturated rings. The van der Waals surface area contributed by atoms with Gasteiger partial charge in [-0.25, -0.2) is 12.7 Å². The van der Waals surface area contributed by atoms with E-state index in [0.29, 0.717) is 10.4 Å². The fraction of sp³-hybridized carbons (Fsp3) is 0.176. The van der Waals surface area contributed by atoms with E-state index < -0.39 is 39.3 Å². The summed E-state index contributed by atoms with van der Waals surface area (Å²) in [5.74, 6) is -1.94. The molecule has 3 rings (SSSR count). The summed E-state index contributed by atoms with van der Waals surface area (Å²) in [5.41, 5.74) is -1.93. The highest BCUT2D eigenvalue weighted by Gasteiger charge is 2.37. The number of carbonyl (C=O) groups excluding carboxylic acids is 2. The smallest absolute Gasteiger partial charge is 0.321 e. The third-order valence-electron chi connectivity index (χ3n) is 4.05. The molecule has 29 heavy (non-hydrogen) atoms. The maximum atomic E-state index is 13.2. The first-order chi connectivity index (χ1) is 13.4. The number of alkyl halides is 3. The number of anilines is 2. The molecule has 0 unspecified atom stereocenters. The summed E-state index contributed by atoms with van der Waals surface area (Å²) in [6, 6.07) is 6.24. The van der Waals surface area contributed by atoms with Crippen LogP contribution in [0.1, 0.15) is 22.3 Å². The third-order valence-corrected chi connectivity index (χ3v) is 6.28. The van der Waals surface area contributed by atoms with Gasteiger partial charge in [0.15, 0.2) is 0 Å². The normalized spacial score (nSPS) is 16.2. The predicted octanol–water partition coefficient (Wildman–Crippen LogP) is 4.33. The maximum absolute atomic E-state index is 13.2. The van der Waals surface area contributed by atoms with Crippen LogP contribution < -0.4 is 9.62 Å². The molecule has 0 spiro atoms. The summed E-state index contributed by atoms with van der Waals surface area (Å²) in [7, 11) is -3.83. The Balaban J connectivity index is 1.91. The number of nitrogens with one attached hydrogen (secondary N) is 1. The Bertz CT molecular complexity index is 1120. The number of benzene rings is 2. The number of halogens is 5. The first-order valence-corrected chi connectivity index (χ1v) is 10.3. The molecule has 1 saturated heterocycles. The summed E-state index contributed by atoms with van der Waals surface area (Å²) in [6.45, 7) is 0. The Morgan fingerprint density at radius 2 is 1.79 bits per heavy atom. The highest BCUT2D eigenvalue weighted by atomic mass is 35.5. The molecule has 2 amide bonds. The fourth-order valence-corrected chi connectivity index (χ4v) is 4.62. The lowest BCUT2D eigenvalue weighted by molar-refractivity contribution is -0.136. The zero-order chi connectivity index (χ0) is 21.6. The summed E-state index contributed by atoms with van der Waals surface area (Å²) in [5, 5.41) is 1.72. The van der Waals surface area contributed by atoms with E-state index in [1.165, 1.54) is 12.1 Å². The van der Waals surface area contributed by atoms with Gasteiger partial charge >= 0.3 is 6.18 Å². The molecule has 0 aromatic heterocycles. The molecule has 12 heteroatoms. The zero-order valence-corrected chi connectivity index (χ0v) is 16.6. The Labute approximate surface area is 173 Å². The first kappa shape index (κ1) is 21.4. The highest BCUT2D eigenvalue weighted by Crippen LogP contribution is 2.37. The molecular weight excluding hydrogens is 456 g/mol. The lowest BCUT2D eigenvalue weighted by Gasteiger charge is -2.17. The Kier molecular flexibility index (Phi) is 5.54. The molecule has 1 aliphatic heterocycles. The second kappa shape index (κ2) is 7.51. The zero-order valence-electron chi connectivity index (χ0n) is 14.3. The first-order valence-electron chi connectivity index (χ1n) is 7.93. The van der Waals surface area contributed by atoms with Gasteiger partial charge in [0, 0.05) is 11.4 Å². The van der Waals surface area contributed by atoms with Crippen LogP contribution in [0, 0.1) is 0 Å². The summed E-state index contributed by atoms with van der Waals surface area (Å²) >= 11 is 11.6. The standard InChI is InChI=1S/C17H11Cl2F3N2O4S/c18-9-1-4-14(12(7-9)17(20,21)22)23-16(26)11-3-2-10(8-13(11)19)24-15(25)5-6-29(24,27)28/h1-4,7-8H,5-6H2,(H,23,26). The minimum absolute atomic E-state index is 0.0588. The van der Waals surface area contributed by atoms with Crippen molar-refractivity contribution in [3.63, 3.8) is 0 Å². The Morgan fingerprint density at radius 3 is 2.34 bits per heavy atom. The van der Waals surface area contributed by atoms with Gasteiger partial charge in [-0.15, -0.1) is 0 Å². The van der Waals surface area contributed by atoms with E-state index in [2.05, 4.69) is 5.32 Å². The van der Waals surface area contributed by atoms with Gasteiger partial charge in [-0.1, -0.05) is 23.2 Å². The molecule has 2 aromatic carbocycles. The van der Waals surface area contributed by atoms with Crippen LogP contribution in [-0.4, -0.2) is 26.0 Å². The lowest BCUT2D eigenvalue weighted by Crippen LogP contribution is -2.29.